The third-order valence-corrected chi connectivity index (χ3v) is 4.13. The van der Waals surface area contributed by atoms with Crippen LogP contribution in [0.2, 0.25) is 0 Å². The Morgan fingerprint density at radius 1 is 1.12 bits per heavy atom. The lowest BCUT2D eigenvalue weighted by Crippen LogP contribution is -1.97. The molecular formula is C18H13BrN4O2. The zero-order chi connectivity index (χ0) is 17.2. The Morgan fingerprint density at radius 2 is 2.04 bits per heavy atom. The maximum Gasteiger partial charge on any atom is 0.250 e. The van der Waals surface area contributed by atoms with Crippen molar-refractivity contribution in [1.29, 1.82) is 0 Å². The average molecular weight is 397 g/mol. The molecule has 1 aromatic heterocycles. The third kappa shape index (κ3) is 3.18. The molecule has 25 heavy (non-hydrogen) atoms. The molecule has 0 spiro atoms. The molecule has 2 heterocycles. The van der Waals surface area contributed by atoms with Gasteiger partial charge < -0.3 is 14.8 Å². The van der Waals surface area contributed by atoms with Gasteiger partial charge in [0.05, 0.1) is 7.11 Å². The summed E-state index contributed by atoms with van der Waals surface area (Å²) in [6, 6.07) is 13.3. The summed E-state index contributed by atoms with van der Waals surface area (Å²) >= 11 is 3.46. The van der Waals surface area contributed by atoms with Crippen molar-refractivity contribution in [2.45, 2.75) is 0 Å². The normalized spacial score (nSPS) is 11.8. The molecule has 1 aliphatic heterocycles. The van der Waals surface area contributed by atoms with Crippen molar-refractivity contribution in [3.05, 3.63) is 58.8 Å². The van der Waals surface area contributed by atoms with Crippen LogP contribution in [0.25, 0.3) is 0 Å². The van der Waals surface area contributed by atoms with Crippen LogP contribution in [0.3, 0.4) is 0 Å². The number of ether oxygens (including phenoxy) is 2. The highest BCUT2D eigenvalue weighted by Crippen LogP contribution is 2.40. The second-order valence-corrected chi connectivity index (χ2v) is 6.19. The molecule has 0 aliphatic carbocycles. The van der Waals surface area contributed by atoms with Crippen molar-refractivity contribution in [3.8, 4) is 17.4 Å². The molecule has 4 rings (SSSR count). The second kappa shape index (κ2) is 6.52. The highest BCUT2D eigenvalue weighted by atomic mass is 79.9. The van der Waals surface area contributed by atoms with E-state index in [0.717, 1.165) is 15.7 Å². The zero-order valence-electron chi connectivity index (χ0n) is 13.2. The Balaban J connectivity index is 1.73. The van der Waals surface area contributed by atoms with Crippen LogP contribution in [0.15, 0.2) is 58.3 Å². The van der Waals surface area contributed by atoms with Gasteiger partial charge in [-0.1, -0.05) is 22.0 Å². The maximum atomic E-state index is 5.94. The molecule has 1 N–H and O–H groups in total. The van der Waals surface area contributed by atoms with E-state index in [0.29, 0.717) is 28.9 Å². The number of nitrogens with one attached hydrogen (secondary N) is 1. The van der Waals surface area contributed by atoms with E-state index in [1.165, 1.54) is 6.33 Å². The van der Waals surface area contributed by atoms with Crippen molar-refractivity contribution < 1.29 is 9.47 Å². The van der Waals surface area contributed by atoms with Crippen molar-refractivity contribution in [2.24, 2.45) is 4.99 Å². The van der Waals surface area contributed by atoms with Gasteiger partial charge in [0, 0.05) is 28.0 Å². The van der Waals surface area contributed by atoms with Gasteiger partial charge in [-0.25, -0.2) is 9.98 Å². The van der Waals surface area contributed by atoms with Gasteiger partial charge in [0.2, 0.25) is 0 Å². The Bertz CT molecular complexity index is 975. The number of anilines is 2. The fourth-order valence-electron chi connectivity index (χ4n) is 2.42. The molecule has 1 aliphatic rings. The standard InChI is InChI=1S/C18H13BrN4O2/c1-24-14-6-5-11-9-20-16-17(23-13-4-2-3-12(19)7-13)21-10-22-18(16)25-15(11)8-14/h2-10H,1H3,(H,21,22,23). The molecule has 6 nitrogen and oxygen atoms in total. The molecule has 7 heteroatoms. The molecule has 0 saturated carbocycles. The predicted molar refractivity (Wildman–Crippen MR) is 99.8 cm³/mol. The first-order chi connectivity index (χ1) is 12.2. The van der Waals surface area contributed by atoms with Crippen molar-refractivity contribution >= 4 is 39.3 Å². The molecule has 0 bridgehead atoms. The molecule has 0 unspecified atom stereocenters. The van der Waals surface area contributed by atoms with Gasteiger partial charge in [-0.15, -0.1) is 0 Å². The van der Waals surface area contributed by atoms with Gasteiger partial charge in [-0.2, -0.15) is 4.98 Å². The van der Waals surface area contributed by atoms with Gasteiger partial charge in [0.1, 0.15) is 17.8 Å². The van der Waals surface area contributed by atoms with E-state index >= 15 is 0 Å². The molecule has 2 aromatic carbocycles. The van der Waals surface area contributed by atoms with E-state index in [2.05, 4.69) is 36.2 Å². The molecular weight excluding hydrogens is 384 g/mol. The number of methoxy groups -OCH3 is 1. The van der Waals surface area contributed by atoms with Crippen LogP contribution in [0.4, 0.5) is 17.2 Å². The van der Waals surface area contributed by atoms with E-state index in [-0.39, 0.29) is 0 Å². The van der Waals surface area contributed by atoms with E-state index in [1.54, 1.807) is 19.4 Å². The van der Waals surface area contributed by atoms with Gasteiger partial charge in [0.15, 0.2) is 11.5 Å². The Kier molecular flexibility index (Phi) is 4.07. The summed E-state index contributed by atoms with van der Waals surface area (Å²) in [7, 11) is 1.61. The Hall–Kier alpha value is -2.93. The maximum absolute atomic E-state index is 5.94. The number of aliphatic imine (C=N–C) groups is 1. The number of fused-ring (bicyclic) bond motifs is 2. The van der Waals surface area contributed by atoms with Crippen LogP contribution in [0.5, 0.6) is 17.4 Å². The van der Waals surface area contributed by atoms with E-state index in [4.69, 9.17) is 9.47 Å². The van der Waals surface area contributed by atoms with Crippen LogP contribution in [-0.4, -0.2) is 23.3 Å². The lowest BCUT2D eigenvalue weighted by Gasteiger charge is -2.11. The molecule has 0 radical (unpaired) electrons. The SMILES string of the molecule is COc1ccc2c(c1)Oc1ncnc(Nc3cccc(Br)c3)c1N=C2. The van der Waals surface area contributed by atoms with E-state index in [9.17, 15) is 0 Å². The van der Waals surface area contributed by atoms with Crippen molar-refractivity contribution in [3.63, 3.8) is 0 Å². The zero-order valence-corrected chi connectivity index (χ0v) is 14.8. The number of rotatable bonds is 3. The summed E-state index contributed by atoms with van der Waals surface area (Å²) in [5, 5.41) is 3.25. The number of nitrogens with zero attached hydrogens (tertiary/aromatic N) is 3. The second-order valence-electron chi connectivity index (χ2n) is 5.28. The van der Waals surface area contributed by atoms with Crippen molar-refractivity contribution in [2.75, 3.05) is 12.4 Å². The quantitative estimate of drug-likeness (QED) is 0.536. The van der Waals surface area contributed by atoms with E-state index in [1.807, 2.05) is 36.4 Å². The minimum atomic E-state index is 0.385. The van der Waals surface area contributed by atoms with Gasteiger partial charge in [0.25, 0.3) is 5.88 Å². The van der Waals surface area contributed by atoms with Crippen LogP contribution in [0.1, 0.15) is 5.56 Å². The summed E-state index contributed by atoms with van der Waals surface area (Å²) in [4.78, 5) is 13.0. The van der Waals surface area contributed by atoms with Crippen LogP contribution in [-0.2, 0) is 0 Å². The molecule has 0 saturated heterocycles. The molecule has 0 atom stereocenters. The van der Waals surface area contributed by atoms with Crippen LogP contribution >= 0.6 is 15.9 Å². The van der Waals surface area contributed by atoms with Gasteiger partial charge in [-0.05, 0) is 30.3 Å². The first-order valence-corrected chi connectivity index (χ1v) is 8.30. The number of hydrogen-bond donors (Lipinski definition) is 1. The average Bonchev–Trinajstić information content (AvgIpc) is 2.81. The number of hydrogen-bond acceptors (Lipinski definition) is 6. The summed E-state index contributed by atoms with van der Waals surface area (Å²) in [5.74, 6) is 2.29. The summed E-state index contributed by atoms with van der Waals surface area (Å²) in [5.41, 5.74) is 2.26. The Labute approximate surface area is 152 Å². The topological polar surface area (TPSA) is 68.6 Å². The monoisotopic (exact) mass is 396 g/mol. The van der Waals surface area contributed by atoms with Crippen molar-refractivity contribution in [1.82, 2.24) is 9.97 Å². The molecule has 0 amide bonds. The summed E-state index contributed by atoms with van der Waals surface area (Å²) < 4.78 is 12.2. The Morgan fingerprint density at radius 3 is 2.88 bits per heavy atom. The number of aromatic nitrogens is 2. The number of benzene rings is 2. The number of halogens is 1. The minimum Gasteiger partial charge on any atom is -0.497 e. The molecule has 0 fully saturated rings. The highest BCUT2D eigenvalue weighted by molar-refractivity contribution is 9.10. The minimum absolute atomic E-state index is 0.385. The van der Waals surface area contributed by atoms with E-state index < -0.39 is 0 Å². The molecule has 124 valence electrons. The smallest absolute Gasteiger partial charge is 0.250 e. The largest absolute Gasteiger partial charge is 0.497 e. The first-order valence-electron chi connectivity index (χ1n) is 7.50. The highest BCUT2D eigenvalue weighted by Gasteiger charge is 2.18. The first kappa shape index (κ1) is 15.6. The molecule has 3 aromatic rings. The summed E-state index contributed by atoms with van der Waals surface area (Å²) in [6.07, 6.45) is 3.18. The van der Waals surface area contributed by atoms with Gasteiger partial charge >= 0.3 is 0 Å². The fourth-order valence-corrected chi connectivity index (χ4v) is 2.82. The predicted octanol–water partition coefficient (Wildman–Crippen LogP) is 4.85. The van der Waals surface area contributed by atoms with Crippen LogP contribution in [0, 0.1) is 0 Å². The van der Waals surface area contributed by atoms with Crippen LogP contribution < -0.4 is 14.8 Å². The van der Waals surface area contributed by atoms with Gasteiger partial charge in [-0.3, -0.25) is 0 Å². The third-order valence-electron chi connectivity index (χ3n) is 3.64. The summed E-state index contributed by atoms with van der Waals surface area (Å²) in [6.45, 7) is 0. The fraction of sp³-hybridized carbons (Fsp3) is 0.0556. The lowest BCUT2D eigenvalue weighted by molar-refractivity contribution is 0.407. The lowest BCUT2D eigenvalue weighted by atomic mass is 10.2.